The molecule has 0 bridgehead atoms. The van der Waals surface area contributed by atoms with E-state index in [-0.39, 0.29) is 11.2 Å². The molecule has 2 fully saturated rings. The minimum atomic E-state index is -4.99. The van der Waals surface area contributed by atoms with Gasteiger partial charge in [0.15, 0.2) is 0 Å². The van der Waals surface area contributed by atoms with Crippen LogP contribution in [0.15, 0.2) is 16.5 Å². The van der Waals surface area contributed by atoms with E-state index in [1.807, 2.05) is 0 Å². The molecule has 134 valence electrons. The highest BCUT2D eigenvalue weighted by molar-refractivity contribution is 5.78. The van der Waals surface area contributed by atoms with Crippen molar-refractivity contribution in [1.82, 2.24) is 4.90 Å². The number of hydrogen-bond donors (Lipinski definition) is 1. The number of hydrogen-bond acceptors (Lipinski definition) is 3. The molecule has 1 atom stereocenters. The van der Waals surface area contributed by atoms with E-state index in [9.17, 15) is 23.1 Å². The lowest BCUT2D eigenvalue weighted by Crippen LogP contribution is -2.46. The van der Waals surface area contributed by atoms with Gasteiger partial charge in [-0.25, -0.2) is 0 Å². The van der Waals surface area contributed by atoms with E-state index >= 15 is 0 Å². The molecule has 24 heavy (non-hydrogen) atoms. The first-order valence-corrected chi connectivity index (χ1v) is 8.29. The Morgan fingerprint density at radius 2 is 1.96 bits per heavy atom. The highest BCUT2D eigenvalue weighted by atomic mass is 19.4. The fourth-order valence-corrected chi connectivity index (χ4v) is 4.00. The van der Waals surface area contributed by atoms with Gasteiger partial charge in [-0.15, -0.1) is 0 Å². The van der Waals surface area contributed by atoms with Gasteiger partial charge < -0.3 is 14.4 Å². The van der Waals surface area contributed by atoms with Gasteiger partial charge in [0.25, 0.3) is 0 Å². The topological polar surface area (TPSA) is 53.7 Å². The zero-order chi connectivity index (χ0) is 17.6. The SMILES string of the molecule is Cc1ccc(C(O)(CC(=O)N2CCC3(CCCC3)C2)C(F)(F)F)o1. The number of amides is 1. The highest BCUT2D eigenvalue weighted by Crippen LogP contribution is 2.47. The summed E-state index contributed by atoms with van der Waals surface area (Å²) in [6.45, 7) is 2.45. The average molecular weight is 345 g/mol. The number of furan rings is 1. The number of nitrogens with zero attached hydrogens (tertiary/aromatic N) is 1. The van der Waals surface area contributed by atoms with Gasteiger partial charge in [-0.1, -0.05) is 12.8 Å². The van der Waals surface area contributed by atoms with Crippen LogP contribution in [0.2, 0.25) is 0 Å². The standard InChI is InChI=1S/C17H22F3NO3/c1-12-4-5-13(24-12)16(23,17(18,19)20)10-14(22)21-9-8-15(11-21)6-2-3-7-15/h4-5,23H,2-3,6-11H2,1H3. The molecule has 1 aliphatic carbocycles. The van der Waals surface area contributed by atoms with Crippen molar-refractivity contribution in [2.24, 2.45) is 5.41 Å². The second-order valence-electron chi connectivity index (χ2n) is 7.22. The van der Waals surface area contributed by atoms with Gasteiger partial charge in [-0.2, -0.15) is 13.2 Å². The molecule has 0 radical (unpaired) electrons. The van der Waals surface area contributed by atoms with Crippen LogP contribution in [0.25, 0.3) is 0 Å². The molecule has 0 aromatic carbocycles. The van der Waals surface area contributed by atoms with E-state index in [4.69, 9.17) is 4.42 Å². The van der Waals surface area contributed by atoms with Gasteiger partial charge in [0.05, 0.1) is 6.42 Å². The number of alkyl halides is 3. The highest BCUT2D eigenvalue weighted by Gasteiger charge is 2.59. The minimum Gasteiger partial charge on any atom is -0.463 e. The molecular formula is C17H22F3NO3. The van der Waals surface area contributed by atoms with Crippen LogP contribution < -0.4 is 0 Å². The van der Waals surface area contributed by atoms with Crippen LogP contribution >= 0.6 is 0 Å². The maximum absolute atomic E-state index is 13.5. The van der Waals surface area contributed by atoms with Gasteiger partial charge in [-0.3, -0.25) is 4.79 Å². The summed E-state index contributed by atoms with van der Waals surface area (Å²) in [7, 11) is 0. The molecule has 1 aromatic rings. The monoisotopic (exact) mass is 345 g/mol. The van der Waals surface area contributed by atoms with E-state index in [2.05, 4.69) is 0 Å². The summed E-state index contributed by atoms with van der Waals surface area (Å²) in [6.07, 6.45) is -0.921. The fourth-order valence-electron chi connectivity index (χ4n) is 4.00. The summed E-state index contributed by atoms with van der Waals surface area (Å²) in [4.78, 5) is 13.9. The number of carbonyl (C=O) groups is 1. The van der Waals surface area contributed by atoms with Crippen LogP contribution in [0, 0.1) is 12.3 Å². The van der Waals surface area contributed by atoms with Gasteiger partial charge in [-0.05, 0) is 43.7 Å². The molecule has 1 aliphatic heterocycles. The van der Waals surface area contributed by atoms with Crippen molar-refractivity contribution < 1.29 is 27.5 Å². The maximum Gasteiger partial charge on any atom is 0.425 e. The third-order valence-electron chi connectivity index (χ3n) is 5.48. The zero-order valence-electron chi connectivity index (χ0n) is 13.7. The summed E-state index contributed by atoms with van der Waals surface area (Å²) >= 11 is 0. The zero-order valence-corrected chi connectivity index (χ0v) is 13.7. The Labute approximate surface area is 138 Å². The third-order valence-corrected chi connectivity index (χ3v) is 5.48. The largest absolute Gasteiger partial charge is 0.463 e. The van der Waals surface area contributed by atoms with Crippen molar-refractivity contribution >= 4 is 5.91 Å². The molecule has 1 unspecified atom stereocenters. The van der Waals surface area contributed by atoms with Crippen molar-refractivity contribution in [2.75, 3.05) is 13.1 Å². The van der Waals surface area contributed by atoms with Crippen LogP contribution in [0.3, 0.4) is 0 Å². The van der Waals surface area contributed by atoms with E-state index < -0.39 is 29.9 Å². The molecule has 2 heterocycles. The Bertz CT molecular complexity index is 619. The second-order valence-corrected chi connectivity index (χ2v) is 7.22. The van der Waals surface area contributed by atoms with Crippen LogP contribution in [0.4, 0.5) is 13.2 Å². The normalized spacial score (nSPS) is 23.0. The molecule has 1 aromatic heterocycles. The smallest absolute Gasteiger partial charge is 0.425 e. The lowest BCUT2D eigenvalue weighted by Gasteiger charge is -2.30. The van der Waals surface area contributed by atoms with Gasteiger partial charge in [0.2, 0.25) is 11.5 Å². The number of halogens is 3. The lowest BCUT2D eigenvalue weighted by atomic mass is 9.85. The van der Waals surface area contributed by atoms with Crippen molar-refractivity contribution in [2.45, 2.75) is 57.2 Å². The van der Waals surface area contributed by atoms with Crippen LogP contribution in [-0.4, -0.2) is 35.2 Å². The van der Waals surface area contributed by atoms with Crippen molar-refractivity contribution in [3.8, 4) is 0 Å². The lowest BCUT2D eigenvalue weighted by molar-refractivity contribution is -0.274. The second kappa shape index (κ2) is 5.79. The predicted octanol–water partition coefficient (Wildman–Crippen LogP) is 3.52. The average Bonchev–Trinajstić information content (AvgIpc) is 3.21. The molecule has 1 N–H and O–H groups in total. The van der Waals surface area contributed by atoms with E-state index in [0.29, 0.717) is 13.1 Å². The van der Waals surface area contributed by atoms with Crippen LogP contribution in [0.1, 0.15) is 50.0 Å². The summed E-state index contributed by atoms with van der Waals surface area (Å²) in [6, 6.07) is 2.43. The van der Waals surface area contributed by atoms with Gasteiger partial charge in [0, 0.05) is 13.1 Å². The Hall–Kier alpha value is -1.50. The minimum absolute atomic E-state index is 0.0767. The molecule has 1 saturated carbocycles. The van der Waals surface area contributed by atoms with Crippen LogP contribution in [0.5, 0.6) is 0 Å². The third kappa shape index (κ3) is 2.94. The Morgan fingerprint density at radius 1 is 1.29 bits per heavy atom. The predicted molar refractivity (Wildman–Crippen MR) is 80.1 cm³/mol. The van der Waals surface area contributed by atoms with Crippen molar-refractivity contribution in [1.29, 1.82) is 0 Å². The molecule has 3 rings (SSSR count). The Morgan fingerprint density at radius 3 is 2.50 bits per heavy atom. The first-order chi connectivity index (χ1) is 11.2. The summed E-state index contributed by atoms with van der Waals surface area (Å²) < 4.78 is 45.4. The van der Waals surface area contributed by atoms with Crippen LogP contribution in [-0.2, 0) is 10.4 Å². The molecule has 2 aliphatic rings. The Kier molecular flexibility index (Phi) is 4.18. The van der Waals surface area contributed by atoms with Crippen molar-refractivity contribution in [3.63, 3.8) is 0 Å². The number of rotatable bonds is 3. The molecule has 1 amide bonds. The van der Waals surface area contributed by atoms with E-state index in [1.165, 1.54) is 17.9 Å². The Balaban J connectivity index is 1.77. The number of aliphatic hydroxyl groups is 1. The quantitative estimate of drug-likeness (QED) is 0.912. The maximum atomic E-state index is 13.5. The summed E-state index contributed by atoms with van der Waals surface area (Å²) in [5.41, 5.74) is -3.21. The number of aryl methyl sites for hydroxylation is 1. The molecule has 4 nitrogen and oxygen atoms in total. The van der Waals surface area contributed by atoms with Gasteiger partial charge >= 0.3 is 6.18 Å². The van der Waals surface area contributed by atoms with Gasteiger partial charge in [0.1, 0.15) is 11.5 Å². The summed E-state index contributed by atoms with van der Waals surface area (Å²) in [5.74, 6) is -1.05. The molecular weight excluding hydrogens is 323 g/mol. The van der Waals surface area contributed by atoms with E-state index in [1.54, 1.807) is 0 Å². The fraction of sp³-hybridized carbons (Fsp3) is 0.706. The molecule has 7 heteroatoms. The molecule has 1 saturated heterocycles. The molecule has 1 spiro atoms. The van der Waals surface area contributed by atoms with E-state index in [0.717, 1.165) is 38.2 Å². The first kappa shape index (κ1) is 17.3. The number of likely N-dealkylation sites (tertiary alicyclic amines) is 1. The first-order valence-electron chi connectivity index (χ1n) is 8.29. The number of carbonyl (C=O) groups excluding carboxylic acids is 1. The van der Waals surface area contributed by atoms with Crippen molar-refractivity contribution in [3.05, 3.63) is 23.7 Å². The summed E-state index contributed by atoms with van der Waals surface area (Å²) in [5, 5.41) is 10.3.